The molecule has 3 rings (SSSR count). The zero-order valence-electron chi connectivity index (χ0n) is 14.7. The van der Waals surface area contributed by atoms with Crippen molar-refractivity contribution in [1.82, 2.24) is 4.90 Å². The third-order valence-corrected chi connectivity index (χ3v) is 5.50. The smallest absolute Gasteiger partial charge is 0.253 e. The monoisotopic (exact) mass is 355 g/mol. The molecule has 0 aromatic heterocycles. The SMILES string of the molecule is COSCc1ccc(C(=O)N2CCC(Cc3ccccc3)CC2)cc1. The lowest BCUT2D eigenvalue weighted by Gasteiger charge is -2.32. The quantitative estimate of drug-likeness (QED) is 0.711. The van der Waals surface area contributed by atoms with E-state index in [4.69, 9.17) is 4.18 Å². The van der Waals surface area contributed by atoms with E-state index in [1.807, 2.05) is 29.2 Å². The summed E-state index contributed by atoms with van der Waals surface area (Å²) < 4.78 is 5.01. The summed E-state index contributed by atoms with van der Waals surface area (Å²) in [6.07, 6.45) is 3.29. The van der Waals surface area contributed by atoms with Crippen LogP contribution in [0, 0.1) is 5.92 Å². The van der Waals surface area contributed by atoms with Crippen molar-refractivity contribution in [1.29, 1.82) is 0 Å². The minimum atomic E-state index is 0.157. The predicted octanol–water partition coefficient (Wildman–Crippen LogP) is 4.58. The molecule has 25 heavy (non-hydrogen) atoms. The first-order valence-electron chi connectivity index (χ1n) is 8.84. The number of piperidine rings is 1. The Morgan fingerprint density at radius 1 is 1.04 bits per heavy atom. The van der Waals surface area contributed by atoms with E-state index in [0.29, 0.717) is 5.92 Å². The summed E-state index contributed by atoms with van der Waals surface area (Å²) in [5.41, 5.74) is 3.36. The number of amides is 1. The Morgan fingerprint density at radius 3 is 2.36 bits per heavy atom. The topological polar surface area (TPSA) is 29.5 Å². The summed E-state index contributed by atoms with van der Waals surface area (Å²) in [5, 5.41) is 0. The summed E-state index contributed by atoms with van der Waals surface area (Å²) in [5.74, 6) is 1.64. The Balaban J connectivity index is 1.51. The van der Waals surface area contributed by atoms with Gasteiger partial charge in [-0.3, -0.25) is 4.79 Å². The molecule has 1 fully saturated rings. The standard InChI is InChI=1S/C21H25NO2S/c1-24-25-16-19-7-9-20(10-8-19)21(23)22-13-11-18(12-14-22)15-17-5-3-2-4-6-17/h2-10,18H,11-16H2,1H3. The maximum atomic E-state index is 12.7. The fourth-order valence-electron chi connectivity index (χ4n) is 3.34. The average Bonchev–Trinajstić information content (AvgIpc) is 2.68. The molecule has 0 unspecified atom stereocenters. The van der Waals surface area contributed by atoms with Crippen molar-refractivity contribution in [3.63, 3.8) is 0 Å². The van der Waals surface area contributed by atoms with Crippen molar-refractivity contribution in [2.75, 3.05) is 20.2 Å². The number of carbonyl (C=O) groups is 1. The Bertz CT molecular complexity index is 664. The molecular weight excluding hydrogens is 330 g/mol. The van der Waals surface area contributed by atoms with Gasteiger partial charge >= 0.3 is 0 Å². The molecule has 1 amide bonds. The van der Waals surface area contributed by atoms with Crippen LogP contribution in [0.3, 0.4) is 0 Å². The van der Waals surface area contributed by atoms with Crippen molar-refractivity contribution in [3.8, 4) is 0 Å². The minimum Gasteiger partial charge on any atom is -0.339 e. The highest BCUT2D eigenvalue weighted by Gasteiger charge is 2.23. The van der Waals surface area contributed by atoms with Crippen LogP contribution in [0.5, 0.6) is 0 Å². The van der Waals surface area contributed by atoms with E-state index in [2.05, 4.69) is 30.3 Å². The van der Waals surface area contributed by atoms with Crippen molar-refractivity contribution in [3.05, 3.63) is 71.3 Å². The van der Waals surface area contributed by atoms with Gasteiger partial charge in [-0.15, -0.1) is 0 Å². The van der Waals surface area contributed by atoms with E-state index in [9.17, 15) is 4.79 Å². The average molecular weight is 356 g/mol. The number of carbonyl (C=O) groups excluding carboxylic acids is 1. The first-order valence-corrected chi connectivity index (χ1v) is 9.75. The summed E-state index contributed by atoms with van der Waals surface area (Å²) in [6, 6.07) is 18.5. The van der Waals surface area contributed by atoms with Gasteiger partial charge in [0.2, 0.25) is 0 Å². The number of nitrogens with zero attached hydrogens (tertiary/aromatic N) is 1. The molecule has 0 radical (unpaired) electrons. The number of hydrogen-bond acceptors (Lipinski definition) is 3. The molecule has 0 aliphatic carbocycles. The minimum absolute atomic E-state index is 0.157. The zero-order valence-corrected chi connectivity index (χ0v) is 15.5. The second-order valence-corrected chi connectivity index (χ2v) is 7.41. The van der Waals surface area contributed by atoms with Gasteiger partial charge in [0, 0.05) is 24.4 Å². The largest absolute Gasteiger partial charge is 0.339 e. The second-order valence-electron chi connectivity index (χ2n) is 6.55. The highest BCUT2D eigenvalue weighted by Crippen LogP contribution is 2.23. The molecule has 4 heteroatoms. The van der Waals surface area contributed by atoms with Gasteiger partial charge in [0.05, 0.1) is 7.11 Å². The molecule has 1 saturated heterocycles. The molecule has 0 saturated carbocycles. The number of hydrogen-bond donors (Lipinski definition) is 0. The van der Waals surface area contributed by atoms with Gasteiger partial charge in [-0.1, -0.05) is 42.5 Å². The molecule has 0 atom stereocenters. The molecule has 1 heterocycles. The van der Waals surface area contributed by atoms with E-state index in [0.717, 1.165) is 43.7 Å². The number of benzene rings is 2. The molecule has 1 aliphatic rings. The lowest BCUT2D eigenvalue weighted by molar-refractivity contribution is 0.0690. The van der Waals surface area contributed by atoms with E-state index in [-0.39, 0.29) is 5.91 Å². The van der Waals surface area contributed by atoms with Crippen LogP contribution in [0.2, 0.25) is 0 Å². The highest BCUT2D eigenvalue weighted by molar-refractivity contribution is 7.93. The molecule has 132 valence electrons. The highest BCUT2D eigenvalue weighted by atomic mass is 32.2. The van der Waals surface area contributed by atoms with Crippen molar-refractivity contribution in [2.45, 2.75) is 25.0 Å². The first kappa shape index (κ1) is 18.0. The molecule has 3 nitrogen and oxygen atoms in total. The van der Waals surface area contributed by atoms with Crippen LogP contribution in [0.4, 0.5) is 0 Å². The molecule has 1 aliphatic heterocycles. The van der Waals surface area contributed by atoms with Crippen LogP contribution < -0.4 is 0 Å². The fourth-order valence-corrected chi connectivity index (χ4v) is 3.79. The Labute approximate surface area is 154 Å². The Kier molecular flexibility index (Phi) is 6.54. The zero-order chi connectivity index (χ0) is 17.5. The van der Waals surface area contributed by atoms with Crippen molar-refractivity contribution < 1.29 is 8.98 Å². The number of rotatable bonds is 6. The maximum absolute atomic E-state index is 12.7. The summed E-state index contributed by atoms with van der Waals surface area (Å²) in [7, 11) is 1.67. The lowest BCUT2D eigenvalue weighted by atomic mass is 9.90. The van der Waals surface area contributed by atoms with Crippen LogP contribution >= 0.6 is 12.0 Å². The predicted molar refractivity (Wildman–Crippen MR) is 104 cm³/mol. The summed E-state index contributed by atoms with van der Waals surface area (Å²) in [4.78, 5) is 14.7. The number of likely N-dealkylation sites (tertiary alicyclic amines) is 1. The van der Waals surface area contributed by atoms with Crippen molar-refractivity contribution in [2.24, 2.45) is 5.92 Å². The Hall–Kier alpha value is -1.78. The molecule has 0 bridgehead atoms. The van der Waals surface area contributed by atoms with E-state index in [1.54, 1.807) is 7.11 Å². The normalized spacial score (nSPS) is 15.3. The molecule has 0 N–H and O–H groups in total. The van der Waals surface area contributed by atoms with Crippen molar-refractivity contribution >= 4 is 17.9 Å². The van der Waals surface area contributed by atoms with Crippen LogP contribution in [-0.2, 0) is 16.4 Å². The van der Waals surface area contributed by atoms with Gasteiger partial charge in [0.25, 0.3) is 5.91 Å². The van der Waals surface area contributed by atoms with E-state index >= 15 is 0 Å². The van der Waals surface area contributed by atoms with Gasteiger partial charge in [-0.05, 0) is 60.5 Å². The molecule has 0 spiro atoms. The first-order chi connectivity index (χ1) is 12.3. The second kappa shape index (κ2) is 9.07. The van der Waals surface area contributed by atoms with Gasteiger partial charge in [0.15, 0.2) is 0 Å². The molecular formula is C21H25NO2S. The van der Waals surface area contributed by atoms with Gasteiger partial charge < -0.3 is 9.08 Å². The third kappa shape index (κ3) is 5.10. The van der Waals surface area contributed by atoms with Crippen LogP contribution in [0.1, 0.15) is 34.3 Å². The van der Waals surface area contributed by atoms with E-state index in [1.165, 1.54) is 23.2 Å². The van der Waals surface area contributed by atoms with Crippen LogP contribution in [-0.4, -0.2) is 31.0 Å². The summed E-state index contributed by atoms with van der Waals surface area (Å²) in [6.45, 7) is 1.72. The van der Waals surface area contributed by atoms with Crippen LogP contribution in [0.15, 0.2) is 54.6 Å². The molecule has 2 aromatic carbocycles. The summed E-state index contributed by atoms with van der Waals surface area (Å²) >= 11 is 1.41. The van der Waals surface area contributed by atoms with Gasteiger partial charge in [0.1, 0.15) is 0 Å². The fraction of sp³-hybridized carbons (Fsp3) is 0.381. The Morgan fingerprint density at radius 2 is 1.72 bits per heavy atom. The maximum Gasteiger partial charge on any atom is 0.253 e. The van der Waals surface area contributed by atoms with E-state index < -0.39 is 0 Å². The van der Waals surface area contributed by atoms with Crippen LogP contribution in [0.25, 0.3) is 0 Å². The molecule has 2 aromatic rings. The third-order valence-electron chi connectivity index (χ3n) is 4.81. The van der Waals surface area contributed by atoms with Gasteiger partial charge in [-0.2, -0.15) is 0 Å². The van der Waals surface area contributed by atoms with Gasteiger partial charge in [-0.25, -0.2) is 0 Å². The lowest BCUT2D eigenvalue weighted by Crippen LogP contribution is -2.38.